The molecule has 2 aliphatic heterocycles. The lowest BCUT2D eigenvalue weighted by molar-refractivity contribution is -0.121. The summed E-state index contributed by atoms with van der Waals surface area (Å²) < 4.78 is 5.52. The number of carbonyl (C=O) groups is 4. The van der Waals surface area contributed by atoms with Crippen molar-refractivity contribution >= 4 is 35.0 Å². The summed E-state index contributed by atoms with van der Waals surface area (Å²) in [6.07, 6.45) is 2.34. The monoisotopic (exact) mass is 421 g/mol. The molecule has 1 atom stereocenters. The third kappa shape index (κ3) is 4.64. The first-order chi connectivity index (χ1) is 15.0. The summed E-state index contributed by atoms with van der Waals surface area (Å²) in [7, 11) is 0. The highest BCUT2D eigenvalue weighted by atomic mass is 16.5. The Morgan fingerprint density at radius 3 is 2.35 bits per heavy atom. The zero-order chi connectivity index (χ0) is 21.8. The molecule has 8 nitrogen and oxygen atoms in total. The number of anilines is 2. The lowest BCUT2D eigenvalue weighted by Gasteiger charge is -2.15. The SMILES string of the molecule is O=C(Nc1ccccc1C(=O)NCC1CCCO1)c1ccc(N2C(=O)CCC2=O)cc1. The fourth-order valence-corrected chi connectivity index (χ4v) is 3.72. The van der Waals surface area contributed by atoms with Gasteiger partial charge in [-0.25, -0.2) is 0 Å². The normalized spacial score (nSPS) is 18.3. The van der Waals surface area contributed by atoms with Gasteiger partial charge in [0.15, 0.2) is 0 Å². The van der Waals surface area contributed by atoms with Crippen molar-refractivity contribution < 1.29 is 23.9 Å². The Kier molecular flexibility index (Phi) is 6.08. The number of benzene rings is 2. The van der Waals surface area contributed by atoms with Crippen molar-refractivity contribution in [3.05, 3.63) is 59.7 Å². The van der Waals surface area contributed by atoms with Gasteiger partial charge in [0.05, 0.1) is 23.0 Å². The lowest BCUT2D eigenvalue weighted by atomic mass is 10.1. The van der Waals surface area contributed by atoms with E-state index in [0.29, 0.717) is 35.7 Å². The lowest BCUT2D eigenvalue weighted by Crippen LogP contribution is -2.32. The Balaban J connectivity index is 1.43. The third-order valence-corrected chi connectivity index (χ3v) is 5.37. The zero-order valence-corrected chi connectivity index (χ0v) is 16.9. The molecule has 0 saturated carbocycles. The molecular weight excluding hydrogens is 398 g/mol. The highest BCUT2D eigenvalue weighted by molar-refractivity contribution is 6.20. The molecule has 2 aliphatic rings. The number of hydrogen-bond acceptors (Lipinski definition) is 5. The molecule has 0 aliphatic carbocycles. The van der Waals surface area contributed by atoms with E-state index in [1.807, 2.05) is 0 Å². The van der Waals surface area contributed by atoms with E-state index in [4.69, 9.17) is 4.74 Å². The number of carbonyl (C=O) groups excluding carboxylic acids is 4. The molecule has 4 amide bonds. The maximum atomic E-state index is 12.7. The van der Waals surface area contributed by atoms with Gasteiger partial charge in [0.1, 0.15) is 0 Å². The molecule has 8 heteroatoms. The summed E-state index contributed by atoms with van der Waals surface area (Å²) in [6.45, 7) is 1.14. The van der Waals surface area contributed by atoms with Crippen molar-refractivity contribution in [1.29, 1.82) is 0 Å². The van der Waals surface area contributed by atoms with Crippen LogP contribution >= 0.6 is 0 Å². The van der Waals surface area contributed by atoms with Crippen LogP contribution in [0.4, 0.5) is 11.4 Å². The van der Waals surface area contributed by atoms with Crippen molar-refractivity contribution in [2.75, 3.05) is 23.4 Å². The van der Waals surface area contributed by atoms with Gasteiger partial charge in [0.2, 0.25) is 11.8 Å². The Morgan fingerprint density at radius 2 is 1.68 bits per heavy atom. The number of ether oxygens (including phenoxy) is 1. The highest BCUT2D eigenvalue weighted by Gasteiger charge is 2.30. The first-order valence-electron chi connectivity index (χ1n) is 10.3. The Labute approximate surface area is 179 Å². The number of rotatable bonds is 6. The predicted octanol–water partition coefficient (Wildman–Crippen LogP) is 2.50. The molecule has 0 spiro atoms. The summed E-state index contributed by atoms with van der Waals surface area (Å²) in [4.78, 5) is 50.2. The quantitative estimate of drug-likeness (QED) is 0.698. The number of para-hydroxylation sites is 1. The topological polar surface area (TPSA) is 105 Å². The molecule has 0 radical (unpaired) electrons. The molecule has 2 fully saturated rings. The Bertz CT molecular complexity index is 996. The van der Waals surface area contributed by atoms with Gasteiger partial charge in [-0.1, -0.05) is 12.1 Å². The van der Waals surface area contributed by atoms with Crippen LogP contribution in [0, 0.1) is 0 Å². The molecule has 160 valence electrons. The van der Waals surface area contributed by atoms with Gasteiger partial charge in [0.25, 0.3) is 11.8 Å². The number of nitrogens with one attached hydrogen (secondary N) is 2. The molecule has 1 unspecified atom stereocenters. The van der Waals surface area contributed by atoms with Crippen LogP contribution < -0.4 is 15.5 Å². The van der Waals surface area contributed by atoms with Gasteiger partial charge in [-0.2, -0.15) is 0 Å². The van der Waals surface area contributed by atoms with Crippen LogP contribution in [-0.4, -0.2) is 42.9 Å². The van der Waals surface area contributed by atoms with Crippen LogP contribution in [0.1, 0.15) is 46.4 Å². The minimum Gasteiger partial charge on any atom is -0.376 e. The van der Waals surface area contributed by atoms with E-state index < -0.39 is 5.91 Å². The molecule has 0 aromatic heterocycles. The van der Waals surface area contributed by atoms with Crippen LogP contribution in [0.25, 0.3) is 0 Å². The molecule has 2 aromatic carbocycles. The second-order valence-electron chi connectivity index (χ2n) is 7.51. The molecule has 2 aromatic rings. The summed E-state index contributed by atoms with van der Waals surface area (Å²) in [5, 5.41) is 5.62. The minimum absolute atomic E-state index is 0.0265. The van der Waals surface area contributed by atoms with E-state index in [1.54, 1.807) is 48.5 Å². The van der Waals surface area contributed by atoms with E-state index >= 15 is 0 Å². The van der Waals surface area contributed by atoms with E-state index in [1.165, 1.54) is 0 Å². The van der Waals surface area contributed by atoms with E-state index in [9.17, 15) is 19.2 Å². The van der Waals surface area contributed by atoms with Gasteiger partial charge in [-0.15, -0.1) is 0 Å². The van der Waals surface area contributed by atoms with Crippen molar-refractivity contribution in [2.24, 2.45) is 0 Å². The fraction of sp³-hybridized carbons (Fsp3) is 0.304. The average Bonchev–Trinajstić information content (AvgIpc) is 3.42. The highest BCUT2D eigenvalue weighted by Crippen LogP contribution is 2.23. The van der Waals surface area contributed by atoms with E-state index in [-0.39, 0.29) is 36.7 Å². The zero-order valence-electron chi connectivity index (χ0n) is 16.9. The van der Waals surface area contributed by atoms with Crippen LogP contribution in [0.2, 0.25) is 0 Å². The minimum atomic E-state index is -0.398. The van der Waals surface area contributed by atoms with Gasteiger partial charge < -0.3 is 15.4 Å². The average molecular weight is 421 g/mol. The third-order valence-electron chi connectivity index (χ3n) is 5.37. The summed E-state index contributed by atoms with van der Waals surface area (Å²) >= 11 is 0. The van der Waals surface area contributed by atoms with Crippen molar-refractivity contribution in [3.63, 3.8) is 0 Å². The van der Waals surface area contributed by atoms with Crippen molar-refractivity contribution in [2.45, 2.75) is 31.8 Å². The number of hydrogen-bond donors (Lipinski definition) is 2. The second-order valence-corrected chi connectivity index (χ2v) is 7.51. The first kappa shape index (κ1) is 20.7. The van der Waals surface area contributed by atoms with Gasteiger partial charge in [0, 0.05) is 31.6 Å². The van der Waals surface area contributed by atoms with Crippen LogP contribution in [0.5, 0.6) is 0 Å². The number of amides is 4. The number of imide groups is 1. The summed E-state index contributed by atoms with van der Waals surface area (Å²) in [5.74, 6) is -1.17. The van der Waals surface area contributed by atoms with Crippen molar-refractivity contribution in [1.82, 2.24) is 5.32 Å². The Hall–Kier alpha value is -3.52. The van der Waals surface area contributed by atoms with Crippen LogP contribution in [0.15, 0.2) is 48.5 Å². The molecule has 4 rings (SSSR count). The summed E-state index contributed by atoms with van der Waals surface area (Å²) in [6, 6.07) is 13.0. The molecule has 31 heavy (non-hydrogen) atoms. The number of nitrogens with zero attached hydrogens (tertiary/aromatic N) is 1. The molecule has 2 heterocycles. The molecule has 2 N–H and O–H groups in total. The second kappa shape index (κ2) is 9.09. The van der Waals surface area contributed by atoms with E-state index in [2.05, 4.69) is 10.6 Å². The first-order valence-corrected chi connectivity index (χ1v) is 10.3. The van der Waals surface area contributed by atoms with Crippen LogP contribution in [0.3, 0.4) is 0 Å². The maximum absolute atomic E-state index is 12.7. The molecule has 0 bridgehead atoms. The van der Waals surface area contributed by atoms with Crippen molar-refractivity contribution in [3.8, 4) is 0 Å². The van der Waals surface area contributed by atoms with Gasteiger partial charge >= 0.3 is 0 Å². The standard InChI is InChI=1S/C23H23N3O5/c27-20-11-12-21(28)26(20)16-9-7-15(8-10-16)22(29)25-19-6-2-1-5-18(19)23(30)24-14-17-4-3-13-31-17/h1-2,5-10,17H,3-4,11-14H2,(H,24,30)(H,25,29). The largest absolute Gasteiger partial charge is 0.376 e. The predicted molar refractivity (Wildman–Crippen MR) is 114 cm³/mol. The van der Waals surface area contributed by atoms with Gasteiger partial charge in [-0.05, 0) is 49.2 Å². The molecular formula is C23H23N3O5. The Morgan fingerprint density at radius 1 is 0.968 bits per heavy atom. The van der Waals surface area contributed by atoms with E-state index in [0.717, 1.165) is 17.7 Å². The maximum Gasteiger partial charge on any atom is 0.255 e. The van der Waals surface area contributed by atoms with Gasteiger partial charge in [-0.3, -0.25) is 24.1 Å². The fourth-order valence-electron chi connectivity index (χ4n) is 3.72. The summed E-state index contributed by atoms with van der Waals surface area (Å²) in [5.41, 5.74) is 1.54. The smallest absolute Gasteiger partial charge is 0.255 e. The molecule has 2 saturated heterocycles. The van der Waals surface area contributed by atoms with Crippen LogP contribution in [-0.2, 0) is 14.3 Å².